The molecule has 3 heterocycles. The number of aliphatic imine (C=N–C) groups is 1. The number of hydrogen-bond donors (Lipinski definition) is 4. The van der Waals surface area contributed by atoms with E-state index in [9.17, 15) is 18.4 Å². The lowest BCUT2D eigenvalue weighted by Crippen LogP contribution is -2.49. The standard InChI is InChI=1S/C29H40F2N6O4/c1-18(24-17-36(29(40)33-2)9-5-25(24)35-21-6-10-41-11-7-21)37-8-3-4-19-12-22(23(28(30)31)13-26(19)37)20(14-32)15-34-16-27(38)39/h12-15,18,21,28,35H,3-11,16-17,32H2,1-2H3,(H,33,40)(H,38,39)/b20-14+,34-15?. The first-order valence-corrected chi connectivity index (χ1v) is 14.1. The Morgan fingerprint density at radius 2 is 2.00 bits per heavy atom. The fraction of sp³-hybridized carbons (Fsp3) is 0.552. The summed E-state index contributed by atoms with van der Waals surface area (Å²) >= 11 is 0. The van der Waals surface area contributed by atoms with Gasteiger partial charge < -0.3 is 36.0 Å². The zero-order chi connectivity index (χ0) is 29.5. The highest BCUT2D eigenvalue weighted by Gasteiger charge is 2.32. The molecule has 0 saturated carbocycles. The van der Waals surface area contributed by atoms with Gasteiger partial charge in [0.15, 0.2) is 0 Å². The van der Waals surface area contributed by atoms with E-state index < -0.39 is 18.9 Å². The van der Waals surface area contributed by atoms with Crippen molar-refractivity contribution >= 4 is 29.5 Å². The molecule has 1 atom stereocenters. The number of alkyl halides is 2. The van der Waals surface area contributed by atoms with Gasteiger partial charge in [-0.1, -0.05) is 0 Å². The lowest BCUT2D eigenvalue weighted by atomic mass is 9.90. The number of nitrogens with one attached hydrogen (secondary N) is 2. The van der Waals surface area contributed by atoms with Crippen LogP contribution in [-0.4, -0.2) is 86.7 Å². The Kier molecular flexibility index (Phi) is 10.2. The third-order valence-electron chi connectivity index (χ3n) is 8.04. The molecule has 10 nitrogen and oxygen atoms in total. The number of benzene rings is 1. The Morgan fingerprint density at radius 3 is 2.66 bits per heavy atom. The molecule has 1 aromatic rings. The van der Waals surface area contributed by atoms with Gasteiger partial charge in [0.25, 0.3) is 6.43 Å². The van der Waals surface area contributed by atoms with E-state index in [1.807, 2.05) is 0 Å². The molecule has 3 aliphatic heterocycles. The van der Waals surface area contributed by atoms with E-state index in [0.29, 0.717) is 51.7 Å². The summed E-state index contributed by atoms with van der Waals surface area (Å²) in [7, 11) is 1.62. The number of hydrogen-bond acceptors (Lipinski definition) is 7. The van der Waals surface area contributed by atoms with Crippen molar-refractivity contribution in [3.05, 3.63) is 46.3 Å². The van der Waals surface area contributed by atoms with E-state index in [1.165, 1.54) is 18.5 Å². The van der Waals surface area contributed by atoms with E-state index in [4.69, 9.17) is 15.6 Å². The van der Waals surface area contributed by atoms with Crippen LogP contribution in [0.15, 0.2) is 34.6 Å². The van der Waals surface area contributed by atoms with Crippen molar-refractivity contribution in [3.63, 3.8) is 0 Å². The predicted octanol–water partition coefficient (Wildman–Crippen LogP) is 3.29. The smallest absolute Gasteiger partial charge is 0.325 e. The van der Waals surface area contributed by atoms with Crippen LogP contribution in [-0.2, 0) is 16.0 Å². The molecule has 1 aromatic carbocycles. The Bertz CT molecular complexity index is 1210. The molecule has 4 rings (SSSR count). The van der Waals surface area contributed by atoms with E-state index in [0.717, 1.165) is 41.8 Å². The van der Waals surface area contributed by atoms with Gasteiger partial charge in [-0.2, -0.15) is 0 Å². The number of halogens is 2. The number of carbonyl (C=O) groups excluding carboxylic acids is 1. The third-order valence-corrected chi connectivity index (χ3v) is 8.04. The summed E-state index contributed by atoms with van der Waals surface area (Å²) < 4.78 is 34.4. The summed E-state index contributed by atoms with van der Waals surface area (Å²) in [5, 5.41) is 15.4. The predicted molar refractivity (Wildman–Crippen MR) is 154 cm³/mol. The first-order chi connectivity index (χ1) is 19.7. The molecule has 0 bridgehead atoms. The van der Waals surface area contributed by atoms with Gasteiger partial charge >= 0.3 is 12.0 Å². The van der Waals surface area contributed by atoms with Crippen molar-refractivity contribution < 1.29 is 28.2 Å². The van der Waals surface area contributed by atoms with Crippen molar-refractivity contribution in [1.29, 1.82) is 0 Å². The monoisotopic (exact) mass is 574 g/mol. The number of aryl methyl sites for hydroxylation is 1. The summed E-state index contributed by atoms with van der Waals surface area (Å²) in [6, 6.07) is 3.26. The Morgan fingerprint density at radius 1 is 1.24 bits per heavy atom. The first kappa shape index (κ1) is 30.3. The van der Waals surface area contributed by atoms with Gasteiger partial charge in [-0.3, -0.25) is 9.79 Å². The quantitative estimate of drug-likeness (QED) is 0.333. The molecule has 0 aliphatic carbocycles. The van der Waals surface area contributed by atoms with Crippen molar-refractivity contribution in [2.45, 2.75) is 57.5 Å². The fourth-order valence-electron chi connectivity index (χ4n) is 5.88. The van der Waals surface area contributed by atoms with Crippen LogP contribution in [0.1, 0.15) is 55.7 Å². The molecule has 41 heavy (non-hydrogen) atoms. The summed E-state index contributed by atoms with van der Waals surface area (Å²) in [6.45, 7) is 4.72. The molecule has 1 fully saturated rings. The molecular weight excluding hydrogens is 534 g/mol. The zero-order valence-corrected chi connectivity index (χ0v) is 23.7. The summed E-state index contributed by atoms with van der Waals surface area (Å²) in [6.07, 6.45) is 3.67. The van der Waals surface area contributed by atoms with Crippen LogP contribution in [0, 0.1) is 0 Å². The number of fused-ring (bicyclic) bond motifs is 1. The molecule has 3 aliphatic rings. The first-order valence-electron chi connectivity index (χ1n) is 14.1. The number of aliphatic carboxylic acids is 1. The minimum absolute atomic E-state index is 0.144. The topological polar surface area (TPSA) is 133 Å². The second-order valence-electron chi connectivity index (χ2n) is 10.6. The minimum atomic E-state index is -2.78. The van der Waals surface area contributed by atoms with Crippen molar-refractivity contribution in [1.82, 2.24) is 15.5 Å². The maximum absolute atomic E-state index is 14.4. The number of carboxylic acid groups (broad SMARTS) is 1. The largest absolute Gasteiger partial charge is 0.480 e. The highest BCUT2D eigenvalue weighted by atomic mass is 19.3. The van der Waals surface area contributed by atoms with Crippen molar-refractivity contribution in [2.24, 2.45) is 10.7 Å². The summed E-state index contributed by atoms with van der Waals surface area (Å²) in [5.41, 5.74) is 9.90. The number of nitrogens with two attached hydrogens (primary N) is 1. The number of nitrogens with zero attached hydrogens (tertiary/aromatic N) is 3. The van der Waals surface area contributed by atoms with Gasteiger partial charge in [0.2, 0.25) is 0 Å². The molecule has 0 radical (unpaired) electrons. The zero-order valence-electron chi connectivity index (χ0n) is 23.7. The number of ether oxygens (including phenoxy) is 1. The number of amides is 2. The maximum atomic E-state index is 14.4. The lowest BCUT2D eigenvalue weighted by Gasteiger charge is -2.42. The highest BCUT2D eigenvalue weighted by Crippen LogP contribution is 2.39. The molecule has 1 saturated heterocycles. The lowest BCUT2D eigenvalue weighted by molar-refractivity contribution is -0.135. The summed E-state index contributed by atoms with van der Waals surface area (Å²) in [4.78, 5) is 31.2. The summed E-state index contributed by atoms with van der Waals surface area (Å²) in [5.74, 6) is -1.13. The van der Waals surface area contributed by atoms with Crippen LogP contribution >= 0.6 is 0 Å². The third kappa shape index (κ3) is 7.16. The van der Waals surface area contributed by atoms with Gasteiger partial charge in [-0.15, -0.1) is 0 Å². The molecule has 1 unspecified atom stereocenters. The van der Waals surface area contributed by atoms with Gasteiger partial charge in [0.1, 0.15) is 6.54 Å². The molecule has 0 spiro atoms. The molecular formula is C29H40F2N6O4. The van der Waals surface area contributed by atoms with Gasteiger partial charge in [0, 0.05) is 87.3 Å². The van der Waals surface area contributed by atoms with Crippen LogP contribution in [0.4, 0.5) is 19.3 Å². The van der Waals surface area contributed by atoms with Crippen LogP contribution in [0.2, 0.25) is 0 Å². The number of anilines is 1. The minimum Gasteiger partial charge on any atom is -0.480 e. The van der Waals surface area contributed by atoms with E-state index in [-0.39, 0.29) is 28.8 Å². The Balaban J connectivity index is 1.71. The maximum Gasteiger partial charge on any atom is 0.325 e. The number of carboxylic acids is 1. The van der Waals surface area contributed by atoms with Crippen LogP contribution in [0.5, 0.6) is 0 Å². The molecule has 5 N–H and O–H groups in total. The average Bonchev–Trinajstić information content (AvgIpc) is 2.98. The second-order valence-corrected chi connectivity index (χ2v) is 10.6. The Hall–Kier alpha value is -3.67. The average molecular weight is 575 g/mol. The van der Waals surface area contributed by atoms with Gasteiger partial charge in [-0.25, -0.2) is 13.6 Å². The van der Waals surface area contributed by atoms with Crippen molar-refractivity contribution in [2.75, 3.05) is 51.3 Å². The molecule has 12 heteroatoms. The van der Waals surface area contributed by atoms with Crippen molar-refractivity contribution in [3.8, 4) is 0 Å². The Labute approximate surface area is 239 Å². The van der Waals surface area contributed by atoms with E-state index in [2.05, 4.69) is 27.4 Å². The number of urea groups is 1. The molecule has 224 valence electrons. The van der Waals surface area contributed by atoms with Crippen LogP contribution in [0.25, 0.3) is 5.57 Å². The normalized spacial score (nSPS) is 19.5. The number of rotatable bonds is 9. The molecule has 0 aromatic heterocycles. The van der Waals surface area contributed by atoms with Crippen LogP contribution in [0.3, 0.4) is 0 Å². The van der Waals surface area contributed by atoms with Crippen LogP contribution < -0.4 is 21.3 Å². The van der Waals surface area contributed by atoms with Gasteiger partial charge in [0.05, 0.1) is 6.04 Å². The second kappa shape index (κ2) is 13.8. The fourth-order valence-corrected chi connectivity index (χ4v) is 5.88. The van der Waals surface area contributed by atoms with E-state index >= 15 is 0 Å². The number of allylic oxidation sites excluding steroid dienone is 1. The van der Waals surface area contributed by atoms with E-state index in [1.54, 1.807) is 18.0 Å². The SMILES string of the molecule is CNC(=O)N1CCC(NC2CCOCC2)=C(C(C)N2CCCc3cc(/C(C=NCC(=O)O)=C/N)c(C(F)F)cc32)C1. The highest BCUT2D eigenvalue weighted by molar-refractivity contribution is 6.10. The number of carbonyl (C=O) groups is 2. The molecule has 2 amide bonds. The van der Waals surface area contributed by atoms with Gasteiger partial charge in [-0.05, 0) is 61.4 Å².